The maximum atomic E-state index is 11.6. The first kappa shape index (κ1) is 37.7. The maximum Gasteiger partial charge on any atom is 2.00 e. The molecule has 0 spiro atoms. The molecule has 33 heavy (non-hydrogen) atoms. The summed E-state index contributed by atoms with van der Waals surface area (Å²) in [5, 5.41) is 53.9. The number of carbonyl (C=O) groups is 6. The molecular weight excluding hydrogens is 496 g/mol. The molecule has 188 valence electrons. The first-order valence-corrected chi connectivity index (χ1v) is 7.71. The van der Waals surface area contributed by atoms with Crippen molar-refractivity contribution in [2.24, 2.45) is 0 Å². The van der Waals surface area contributed by atoms with E-state index in [0.717, 1.165) is 0 Å². The Morgan fingerprint density at radius 3 is 1.33 bits per heavy atom. The molecular formula is C16H24O16Ti. The molecule has 16 nitrogen and oxygen atoms in total. The van der Waals surface area contributed by atoms with E-state index in [1.807, 2.05) is 0 Å². The van der Waals surface area contributed by atoms with Crippen molar-refractivity contribution in [1.82, 2.24) is 0 Å². The molecule has 6 N–H and O–H groups in total. The monoisotopic (exact) mass is 520 g/mol. The SMILES string of the molecule is O=C(O)CC(O)(CC(=O)OOCCOOC(=O)C(O)(CC(=O)O)CC(=O)O)C(=O)O.[CH3-].[CH3-].[Ti+2]. The second kappa shape index (κ2) is 16.9. The summed E-state index contributed by atoms with van der Waals surface area (Å²) >= 11 is 0. The molecule has 0 aromatic heterocycles. The van der Waals surface area contributed by atoms with Gasteiger partial charge >= 0.3 is 57.5 Å². The van der Waals surface area contributed by atoms with E-state index >= 15 is 0 Å². The average Bonchev–Trinajstić information content (AvgIpc) is 2.55. The Hall–Kier alpha value is -2.63. The Balaban J connectivity index is -0.00000140. The van der Waals surface area contributed by atoms with Crippen LogP contribution in [0.15, 0.2) is 0 Å². The molecule has 0 fully saturated rings. The van der Waals surface area contributed by atoms with Gasteiger partial charge in [-0.05, 0) is 0 Å². The quantitative estimate of drug-likeness (QED) is 0.0457. The fourth-order valence-corrected chi connectivity index (χ4v) is 1.79. The standard InChI is InChI=1S/C14H18O16.2CH3.Ti/c15-7(16)3-13(25,11(22)23)6-10(21)29-27-1-2-28-30-12(24)14(26,4-8(17)18)5-9(19)20;;;/h25-26H,1-6H2,(H,15,16)(H,17,18)(H,19,20)(H,22,23);2*1H3;/q;2*-1;+2. The number of carboxylic acids is 4. The van der Waals surface area contributed by atoms with E-state index in [4.69, 9.17) is 20.4 Å². The van der Waals surface area contributed by atoms with Crippen LogP contribution < -0.4 is 0 Å². The molecule has 0 radical (unpaired) electrons. The third kappa shape index (κ3) is 14.9. The van der Waals surface area contributed by atoms with Gasteiger partial charge in [-0.25, -0.2) is 14.4 Å². The first-order valence-electron chi connectivity index (χ1n) is 7.71. The molecule has 0 rings (SSSR count). The van der Waals surface area contributed by atoms with Crippen LogP contribution in [0.25, 0.3) is 0 Å². The van der Waals surface area contributed by atoms with Crippen LogP contribution in [0.2, 0.25) is 0 Å². The zero-order chi connectivity index (χ0) is 23.5. The molecule has 0 heterocycles. The van der Waals surface area contributed by atoms with Gasteiger partial charge in [-0.15, -0.1) is 0 Å². The molecule has 0 saturated heterocycles. The molecule has 0 aliphatic carbocycles. The summed E-state index contributed by atoms with van der Waals surface area (Å²) in [7, 11) is 0. The summed E-state index contributed by atoms with van der Waals surface area (Å²) in [6, 6.07) is 0. The van der Waals surface area contributed by atoms with E-state index in [2.05, 4.69) is 19.6 Å². The van der Waals surface area contributed by atoms with Gasteiger partial charge in [0.1, 0.15) is 13.2 Å². The molecule has 0 aromatic carbocycles. The van der Waals surface area contributed by atoms with Crippen molar-refractivity contribution in [2.45, 2.75) is 36.9 Å². The fraction of sp³-hybridized carbons (Fsp3) is 0.500. The van der Waals surface area contributed by atoms with Gasteiger partial charge in [-0.3, -0.25) is 24.2 Å². The zero-order valence-corrected chi connectivity index (χ0v) is 19.1. The van der Waals surface area contributed by atoms with Crippen molar-refractivity contribution >= 4 is 35.8 Å². The number of carboxylic acid groups (broad SMARTS) is 4. The minimum atomic E-state index is -2.95. The van der Waals surface area contributed by atoms with Crippen molar-refractivity contribution in [2.75, 3.05) is 13.2 Å². The minimum absolute atomic E-state index is 0. The van der Waals surface area contributed by atoms with E-state index < -0.39 is 85.9 Å². The van der Waals surface area contributed by atoms with Crippen LogP contribution in [0.4, 0.5) is 0 Å². The van der Waals surface area contributed by atoms with Gasteiger partial charge in [0.2, 0.25) is 0 Å². The zero-order valence-electron chi connectivity index (χ0n) is 17.5. The smallest absolute Gasteiger partial charge is 0.481 e. The summed E-state index contributed by atoms with van der Waals surface area (Å²) in [5.41, 5.74) is -5.87. The molecule has 0 saturated carbocycles. The second-order valence-electron chi connectivity index (χ2n) is 5.73. The molecule has 0 bridgehead atoms. The van der Waals surface area contributed by atoms with E-state index in [9.17, 15) is 39.0 Å². The van der Waals surface area contributed by atoms with Crippen LogP contribution in [0, 0.1) is 14.9 Å². The largest absolute Gasteiger partial charge is 2.00 e. The van der Waals surface area contributed by atoms with Crippen LogP contribution in [0.1, 0.15) is 25.7 Å². The number of aliphatic carboxylic acids is 4. The van der Waals surface area contributed by atoms with Gasteiger partial charge in [-0.1, -0.05) is 0 Å². The Morgan fingerprint density at radius 1 is 0.606 bits per heavy atom. The third-order valence-electron chi connectivity index (χ3n) is 3.08. The van der Waals surface area contributed by atoms with Gasteiger partial charge in [0.05, 0.1) is 25.7 Å². The number of aliphatic hydroxyl groups is 2. The van der Waals surface area contributed by atoms with Gasteiger partial charge in [0, 0.05) is 0 Å². The number of hydrogen-bond donors (Lipinski definition) is 6. The molecule has 0 aliphatic rings. The summed E-state index contributed by atoms with van der Waals surface area (Å²) in [5.74, 6) is -10.3. The average molecular weight is 520 g/mol. The normalized spacial score (nSPS) is 11.8. The Kier molecular flexibility index (Phi) is 19.3. The minimum Gasteiger partial charge on any atom is -0.481 e. The van der Waals surface area contributed by atoms with Crippen LogP contribution in [-0.4, -0.2) is 90.9 Å². The van der Waals surface area contributed by atoms with Crippen LogP contribution >= 0.6 is 0 Å². The molecule has 17 heteroatoms. The second-order valence-corrected chi connectivity index (χ2v) is 5.73. The van der Waals surface area contributed by atoms with E-state index in [-0.39, 0.29) is 36.6 Å². The van der Waals surface area contributed by atoms with Gasteiger partial charge in [0.25, 0.3) is 0 Å². The fourth-order valence-electron chi connectivity index (χ4n) is 1.79. The topological polar surface area (TPSA) is 261 Å². The van der Waals surface area contributed by atoms with Crippen LogP contribution in [-0.2, 0) is 70.0 Å². The van der Waals surface area contributed by atoms with E-state index in [0.29, 0.717) is 0 Å². The van der Waals surface area contributed by atoms with Crippen LogP contribution in [0.3, 0.4) is 0 Å². The number of rotatable bonds is 15. The Bertz CT molecular complexity index is 676. The van der Waals surface area contributed by atoms with Gasteiger partial charge in [0.15, 0.2) is 11.2 Å². The van der Waals surface area contributed by atoms with Gasteiger partial charge in [-0.2, -0.15) is 9.78 Å². The summed E-state index contributed by atoms with van der Waals surface area (Å²) in [6.45, 7) is -1.35. The summed E-state index contributed by atoms with van der Waals surface area (Å²) in [6.07, 6.45) is -5.16. The summed E-state index contributed by atoms with van der Waals surface area (Å²) in [4.78, 5) is 82.3. The molecule has 0 aliphatic heterocycles. The number of hydrogen-bond acceptors (Lipinski definition) is 12. The van der Waals surface area contributed by atoms with Crippen LogP contribution in [0.5, 0.6) is 0 Å². The predicted molar refractivity (Wildman–Crippen MR) is 95.8 cm³/mol. The van der Waals surface area contributed by atoms with Crippen molar-refractivity contribution in [3.63, 3.8) is 0 Å². The Labute approximate surface area is 201 Å². The first-order chi connectivity index (χ1) is 13.7. The molecule has 0 aromatic rings. The summed E-state index contributed by atoms with van der Waals surface area (Å²) < 4.78 is 0. The predicted octanol–water partition coefficient (Wildman–Crippen LogP) is -1.80. The van der Waals surface area contributed by atoms with Gasteiger partial charge < -0.3 is 45.5 Å². The molecule has 0 amide bonds. The third-order valence-corrected chi connectivity index (χ3v) is 3.08. The number of carbonyl (C=O) groups excluding carboxylic acids is 2. The van der Waals surface area contributed by atoms with Crippen molar-refractivity contribution < 1.29 is 101 Å². The molecule has 1 atom stereocenters. The van der Waals surface area contributed by atoms with Crippen molar-refractivity contribution in [3.05, 3.63) is 14.9 Å². The van der Waals surface area contributed by atoms with Crippen molar-refractivity contribution in [1.29, 1.82) is 0 Å². The van der Waals surface area contributed by atoms with E-state index in [1.54, 1.807) is 0 Å². The van der Waals surface area contributed by atoms with Crippen molar-refractivity contribution in [3.8, 4) is 0 Å². The molecule has 1 unspecified atom stereocenters. The Morgan fingerprint density at radius 2 is 0.970 bits per heavy atom. The maximum absolute atomic E-state index is 11.6. The van der Waals surface area contributed by atoms with E-state index in [1.165, 1.54) is 0 Å².